The molecule has 0 aliphatic carbocycles. The van der Waals surface area contributed by atoms with Crippen molar-refractivity contribution in [2.45, 2.75) is 10.6 Å². The van der Waals surface area contributed by atoms with Crippen molar-refractivity contribution in [2.75, 3.05) is 36.8 Å². The van der Waals surface area contributed by atoms with E-state index in [0.29, 0.717) is 18.8 Å². The summed E-state index contributed by atoms with van der Waals surface area (Å²) in [6, 6.07) is 9.99. The second-order valence-electron chi connectivity index (χ2n) is 6.90. The summed E-state index contributed by atoms with van der Waals surface area (Å²) in [5.41, 5.74) is 4.98. The van der Waals surface area contributed by atoms with E-state index in [2.05, 4.69) is 26.5 Å². The first-order valence-corrected chi connectivity index (χ1v) is 11.5. The second-order valence-corrected chi connectivity index (χ2v) is 9.62. The van der Waals surface area contributed by atoms with Gasteiger partial charge in [0, 0.05) is 53.8 Å². The quantitative estimate of drug-likeness (QED) is 0.654. The van der Waals surface area contributed by atoms with E-state index in [1.807, 2.05) is 40.9 Å². The van der Waals surface area contributed by atoms with Gasteiger partial charge in [-0.05, 0) is 42.1 Å². The zero-order valence-corrected chi connectivity index (χ0v) is 17.5. The molecule has 0 saturated carbocycles. The van der Waals surface area contributed by atoms with E-state index in [-0.39, 0.29) is 5.91 Å². The SMILES string of the molecule is O=C(c1[nH]nc2c1CCSc1sccc1-2)N1CCN(c2ccc(Cl)cc2)CC1. The second kappa shape index (κ2) is 7.46. The van der Waals surface area contributed by atoms with Crippen LogP contribution < -0.4 is 4.90 Å². The van der Waals surface area contributed by atoms with E-state index in [0.717, 1.165) is 52.8 Å². The van der Waals surface area contributed by atoms with Crippen LogP contribution in [0.25, 0.3) is 11.3 Å². The molecule has 2 aliphatic heterocycles. The van der Waals surface area contributed by atoms with Gasteiger partial charge in [0.25, 0.3) is 5.91 Å². The van der Waals surface area contributed by atoms with Gasteiger partial charge in [-0.3, -0.25) is 9.89 Å². The molecular formula is C20H19ClN4OS2. The lowest BCUT2D eigenvalue weighted by molar-refractivity contribution is 0.0740. The van der Waals surface area contributed by atoms with E-state index in [4.69, 9.17) is 11.6 Å². The molecule has 28 heavy (non-hydrogen) atoms. The van der Waals surface area contributed by atoms with Crippen LogP contribution in [-0.4, -0.2) is 52.9 Å². The van der Waals surface area contributed by atoms with Crippen LogP contribution in [0.15, 0.2) is 39.9 Å². The largest absolute Gasteiger partial charge is 0.368 e. The minimum absolute atomic E-state index is 0.0631. The number of aromatic amines is 1. The van der Waals surface area contributed by atoms with Crippen LogP contribution in [0, 0.1) is 0 Å². The molecule has 2 aromatic heterocycles. The van der Waals surface area contributed by atoms with Crippen molar-refractivity contribution >= 4 is 46.3 Å². The molecular weight excluding hydrogens is 412 g/mol. The van der Waals surface area contributed by atoms with Gasteiger partial charge in [0.2, 0.25) is 0 Å². The van der Waals surface area contributed by atoms with Gasteiger partial charge >= 0.3 is 0 Å². The number of thiophene rings is 1. The maximum Gasteiger partial charge on any atom is 0.272 e. The fourth-order valence-corrected chi connectivity index (χ4v) is 6.06. The lowest BCUT2D eigenvalue weighted by Gasteiger charge is -2.36. The predicted octanol–water partition coefficient (Wildman–Crippen LogP) is 4.40. The number of piperazine rings is 1. The zero-order valence-electron chi connectivity index (χ0n) is 15.2. The van der Waals surface area contributed by atoms with E-state index >= 15 is 0 Å². The molecule has 0 spiro atoms. The first-order valence-electron chi connectivity index (χ1n) is 9.28. The molecule has 1 N–H and O–H groups in total. The van der Waals surface area contributed by atoms with E-state index in [1.165, 1.54) is 4.21 Å². The highest BCUT2D eigenvalue weighted by molar-refractivity contribution is 8.01. The predicted molar refractivity (Wildman–Crippen MR) is 116 cm³/mol. The van der Waals surface area contributed by atoms with Crippen LogP contribution in [0.5, 0.6) is 0 Å². The number of amides is 1. The molecule has 5 rings (SSSR count). The lowest BCUT2D eigenvalue weighted by Crippen LogP contribution is -2.49. The molecule has 2 aliphatic rings. The minimum Gasteiger partial charge on any atom is -0.368 e. The molecule has 8 heteroatoms. The molecule has 3 aromatic rings. The standard InChI is InChI=1S/C20H19ClN4OS2/c21-13-1-3-14(4-2-13)24-7-9-25(10-8-24)19(26)18-15-5-11-27-20-16(6-12-28-20)17(15)22-23-18/h1-4,6,12H,5,7-11H2,(H,22,23). The van der Waals surface area contributed by atoms with Crippen LogP contribution in [0.2, 0.25) is 5.02 Å². The Hall–Kier alpha value is -1.96. The van der Waals surface area contributed by atoms with Gasteiger partial charge in [-0.1, -0.05) is 11.6 Å². The molecule has 5 nitrogen and oxygen atoms in total. The van der Waals surface area contributed by atoms with Crippen LogP contribution >= 0.6 is 34.7 Å². The van der Waals surface area contributed by atoms with Gasteiger partial charge in [-0.15, -0.1) is 23.1 Å². The summed E-state index contributed by atoms with van der Waals surface area (Å²) in [6.07, 6.45) is 0.865. The van der Waals surface area contributed by atoms with Gasteiger partial charge in [0.15, 0.2) is 0 Å². The molecule has 1 fully saturated rings. The highest BCUT2D eigenvalue weighted by Gasteiger charge is 2.29. The highest BCUT2D eigenvalue weighted by atomic mass is 35.5. The van der Waals surface area contributed by atoms with Crippen molar-refractivity contribution in [1.82, 2.24) is 15.1 Å². The third kappa shape index (κ3) is 3.21. The summed E-state index contributed by atoms with van der Waals surface area (Å²) in [7, 11) is 0. The number of carbonyl (C=O) groups is 1. The molecule has 0 bridgehead atoms. The summed E-state index contributed by atoms with van der Waals surface area (Å²) in [4.78, 5) is 17.4. The molecule has 1 aromatic carbocycles. The normalized spacial score (nSPS) is 16.5. The number of anilines is 1. The van der Waals surface area contributed by atoms with E-state index < -0.39 is 0 Å². The van der Waals surface area contributed by atoms with Crippen LogP contribution in [0.1, 0.15) is 16.1 Å². The van der Waals surface area contributed by atoms with Crippen molar-refractivity contribution in [3.8, 4) is 11.3 Å². The van der Waals surface area contributed by atoms with Gasteiger partial charge in [0.1, 0.15) is 5.69 Å². The third-order valence-corrected chi connectivity index (χ3v) is 7.80. The number of hydrogen-bond acceptors (Lipinski definition) is 5. The number of aromatic nitrogens is 2. The van der Waals surface area contributed by atoms with Gasteiger partial charge in [-0.2, -0.15) is 5.10 Å². The van der Waals surface area contributed by atoms with Crippen molar-refractivity contribution in [3.63, 3.8) is 0 Å². The monoisotopic (exact) mass is 430 g/mol. The van der Waals surface area contributed by atoms with Crippen molar-refractivity contribution < 1.29 is 4.79 Å². The number of fused-ring (bicyclic) bond motifs is 3. The zero-order chi connectivity index (χ0) is 19.1. The average Bonchev–Trinajstić information content (AvgIpc) is 3.32. The molecule has 1 amide bonds. The number of nitrogens with one attached hydrogen (secondary N) is 1. The molecule has 4 heterocycles. The first kappa shape index (κ1) is 18.1. The van der Waals surface area contributed by atoms with Crippen LogP contribution in [0.4, 0.5) is 5.69 Å². The van der Waals surface area contributed by atoms with E-state index in [9.17, 15) is 4.79 Å². The Bertz CT molecular complexity index is 1010. The number of nitrogens with zero attached hydrogens (tertiary/aromatic N) is 3. The Morgan fingerprint density at radius 1 is 1.11 bits per heavy atom. The first-order chi connectivity index (χ1) is 13.7. The summed E-state index contributed by atoms with van der Waals surface area (Å²) in [5, 5.41) is 10.4. The molecule has 0 atom stereocenters. The van der Waals surface area contributed by atoms with Crippen molar-refractivity contribution in [2.24, 2.45) is 0 Å². The number of H-pyrrole nitrogens is 1. The van der Waals surface area contributed by atoms with Crippen LogP contribution in [-0.2, 0) is 6.42 Å². The van der Waals surface area contributed by atoms with E-state index in [1.54, 1.807) is 11.3 Å². The fraction of sp³-hybridized carbons (Fsp3) is 0.300. The number of thioether (sulfide) groups is 1. The lowest BCUT2D eigenvalue weighted by atomic mass is 10.1. The summed E-state index contributed by atoms with van der Waals surface area (Å²) < 4.78 is 1.29. The minimum atomic E-state index is 0.0631. The summed E-state index contributed by atoms with van der Waals surface area (Å²) in [5.74, 6) is 1.04. The fourth-order valence-electron chi connectivity index (χ4n) is 3.81. The molecule has 144 valence electrons. The molecule has 0 radical (unpaired) electrons. The number of rotatable bonds is 2. The number of halogens is 1. The smallest absolute Gasteiger partial charge is 0.272 e. The molecule has 1 saturated heterocycles. The third-order valence-electron chi connectivity index (χ3n) is 5.31. The summed E-state index contributed by atoms with van der Waals surface area (Å²) >= 11 is 9.59. The number of hydrogen-bond donors (Lipinski definition) is 1. The Kier molecular flexibility index (Phi) is 4.82. The maximum atomic E-state index is 13.2. The highest BCUT2D eigenvalue weighted by Crippen LogP contribution is 2.41. The maximum absolute atomic E-state index is 13.2. The van der Waals surface area contributed by atoms with Gasteiger partial charge in [0.05, 0.1) is 9.90 Å². The van der Waals surface area contributed by atoms with Crippen molar-refractivity contribution in [1.29, 1.82) is 0 Å². The van der Waals surface area contributed by atoms with Gasteiger partial charge in [-0.25, -0.2) is 0 Å². The Balaban J connectivity index is 1.33. The topological polar surface area (TPSA) is 52.2 Å². The summed E-state index contributed by atoms with van der Waals surface area (Å²) in [6.45, 7) is 3.03. The van der Waals surface area contributed by atoms with Crippen molar-refractivity contribution in [3.05, 3.63) is 52.0 Å². The Morgan fingerprint density at radius 3 is 2.68 bits per heavy atom. The van der Waals surface area contributed by atoms with Crippen LogP contribution in [0.3, 0.4) is 0 Å². The van der Waals surface area contributed by atoms with Gasteiger partial charge < -0.3 is 9.80 Å². The number of benzene rings is 1. The number of carbonyl (C=O) groups excluding carboxylic acids is 1. The Labute approximate surface area is 176 Å². The Morgan fingerprint density at radius 2 is 1.89 bits per heavy atom. The molecule has 0 unspecified atom stereocenters. The average molecular weight is 431 g/mol.